The molecule has 0 spiro atoms. The second-order valence-electron chi connectivity index (χ2n) is 9.79. The van der Waals surface area contributed by atoms with E-state index in [0.29, 0.717) is 36.9 Å². The van der Waals surface area contributed by atoms with Crippen molar-refractivity contribution in [1.82, 2.24) is 9.47 Å². The molecule has 2 atom stereocenters. The number of hydrogen-bond acceptors (Lipinski definition) is 5. The van der Waals surface area contributed by atoms with E-state index in [4.69, 9.17) is 25.8 Å². The Morgan fingerprint density at radius 3 is 2.58 bits per heavy atom. The van der Waals surface area contributed by atoms with Crippen LogP contribution in [-0.2, 0) is 19.1 Å². The van der Waals surface area contributed by atoms with Crippen LogP contribution in [0.5, 0.6) is 5.75 Å². The molecule has 0 N–H and O–H groups in total. The zero-order valence-corrected chi connectivity index (χ0v) is 22.5. The summed E-state index contributed by atoms with van der Waals surface area (Å²) in [5, 5.41) is 0.612. The Balaban J connectivity index is 1.40. The van der Waals surface area contributed by atoms with Crippen molar-refractivity contribution in [3.8, 4) is 11.4 Å². The molecular weight excluding hydrogens is 504 g/mol. The van der Waals surface area contributed by atoms with E-state index in [-0.39, 0.29) is 24.2 Å². The van der Waals surface area contributed by atoms with Crippen LogP contribution in [-0.4, -0.2) is 48.1 Å². The van der Waals surface area contributed by atoms with E-state index < -0.39 is 12.2 Å². The summed E-state index contributed by atoms with van der Waals surface area (Å²) in [6.07, 6.45) is 3.24. The van der Waals surface area contributed by atoms with E-state index >= 15 is 0 Å². The topological polar surface area (TPSA) is 70.0 Å². The van der Waals surface area contributed by atoms with E-state index in [2.05, 4.69) is 4.57 Å². The minimum atomic E-state index is -0.479. The number of para-hydroxylation sites is 1. The van der Waals surface area contributed by atoms with E-state index in [9.17, 15) is 9.59 Å². The third-order valence-electron chi connectivity index (χ3n) is 7.45. The quantitative estimate of drug-likeness (QED) is 0.353. The maximum Gasteiger partial charge on any atom is 0.306 e. The van der Waals surface area contributed by atoms with E-state index in [1.165, 1.54) is 0 Å². The normalized spacial score (nSPS) is 19.3. The highest BCUT2D eigenvalue weighted by molar-refractivity contribution is 6.30. The number of esters is 1. The molecule has 1 fully saturated rings. The summed E-state index contributed by atoms with van der Waals surface area (Å²) in [5.41, 5.74) is 3.66. The Bertz CT molecular complexity index is 1300. The number of rotatable bonds is 7. The van der Waals surface area contributed by atoms with Crippen LogP contribution in [0.2, 0.25) is 5.02 Å². The van der Waals surface area contributed by atoms with Gasteiger partial charge in [0.25, 0.3) is 0 Å². The SMILES string of the molecule is CCOC(=O)CC1CCN(C(=O)C[C@@H]2O[C@@H](c3ccccc3OC)c3cc(Cl)ccc3-n3cccc32)CC1. The number of halogens is 1. The maximum atomic E-state index is 13.5. The molecule has 3 aromatic rings. The zero-order valence-electron chi connectivity index (χ0n) is 21.8. The van der Waals surface area contributed by atoms with Crippen LogP contribution in [0.1, 0.15) is 61.6 Å². The lowest BCUT2D eigenvalue weighted by Gasteiger charge is -2.33. The third kappa shape index (κ3) is 5.45. The van der Waals surface area contributed by atoms with Crippen molar-refractivity contribution in [3.63, 3.8) is 0 Å². The zero-order chi connectivity index (χ0) is 26.6. The standard InChI is InChI=1S/C30H33ClN2O5/c1-3-37-29(35)17-20-12-15-32(16-13-20)28(34)19-27-25-8-6-14-33(25)24-11-10-21(31)18-23(24)30(38-27)22-7-4-5-9-26(22)36-2/h4-11,14,18,20,27,30H,3,12-13,15-17,19H2,1-2H3/t27-,30-/m0/s1. The van der Waals surface area contributed by atoms with Crippen molar-refractivity contribution in [2.24, 2.45) is 5.92 Å². The molecule has 1 saturated heterocycles. The number of fused-ring (bicyclic) bond motifs is 3. The number of benzene rings is 2. The molecule has 7 nitrogen and oxygen atoms in total. The van der Waals surface area contributed by atoms with Crippen LogP contribution in [0.15, 0.2) is 60.8 Å². The van der Waals surface area contributed by atoms with Crippen molar-refractivity contribution < 1.29 is 23.8 Å². The summed E-state index contributed by atoms with van der Waals surface area (Å²) in [7, 11) is 1.64. The molecule has 0 saturated carbocycles. The summed E-state index contributed by atoms with van der Waals surface area (Å²) >= 11 is 6.45. The van der Waals surface area contributed by atoms with Crippen LogP contribution < -0.4 is 4.74 Å². The van der Waals surface area contributed by atoms with Crippen LogP contribution in [0, 0.1) is 5.92 Å². The minimum absolute atomic E-state index is 0.0418. The lowest BCUT2D eigenvalue weighted by atomic mass is 9.93. The molecule has 1 amide bonds. The average Bonchev–Trinajstić information content (AvgIpc) is 3.37. The van der Waals surface area contributed by atoms with Gasteiger partial charge in [-0.25, -0.2) is 0 Å². The first-order valence-corrected chi connectivity index (χ1v) is 13.5. The summed E-state index contributed by atoms with van der Waals surface area (Å²) in [6.45, 7) is 3.47. The third-order valence-corrected chi connectivity index (χ3v) is 7.69. The molecule has 0 radical (unpaired) electrons. The lowest BCUT2D eigenvalue weighted by molar-refractivity contribution is -0.144. The molecule has 0 aliphatic carbocycles. The summed E-state index contributed by atoms with van der Waals surface area (Å²) in [4.78, 5) is 27.3. The van der Waals surface area contributed by atoms with Crippen molar-refractivity contribution in [2.45, 2.75) is 44.8 Å². The number of carbonyl (C=O) groups is 2. The average molecular weight is 537 g/mol. The molecule has 5 rings (SSSR count). The van der Waals surface area contributed by atoms with Gasteiger partial charge in [0.2, 0.25) is 5.91 Å². The minimum Gasteiger partial charge on any atom is -0.496 e. The van der Waals surface area contributed by atoms with Gasteiger partial charge in [0.05, 0.1) is 31.5 Å². The van der Waals surface area contributed by atoms with Gasteiger partial charge >= 0.3 is 5.97 Å². The Hall–Kier alpha value is -3.29. The van der Waals surface area contributed by atoms with Gasteiger partial charge in [-0.2, -0.15) is 0 Å². The lowest BCUT2D eigenvalue weighted by Crippen LogP contribution is -2.39. The first-order chi connectivity index (χ1) is 18.5. The highest BCUT2D eigenvalue weighted by Gasteiger charge is 2.34. The molecule has 1 aromatic heterocycles. The van der Waals surface area contributed by atoms with Gasteiger partial charge in [-0.3, -0.25) is 9.59 Å². The van der Waals surface area contributed by atoms with Gasteiger partial charge in [-0.05, 0) is 62.1 Å². The summed E-state index contributed by atoms with van der Waals surface area (Å²) in [6, 6.07) is 17.5. The van der Waals surface area contributed by atoms with Crippen LogP contribution >= 0.6 is 11.6 Å². The Morgan fingerprint density at radius 2 is 1.82 bits per heavy atom. The monoisotopic (exact) mass is 536 g/mol. The van der Waals surface area contributed by atoms with Crippen molar-refractivity contribution in [2.75, 3.05) is 26.8 Å². The number of methoxy groups -OCH3 is 1. The fourth-order valence-corrected chi connectivity index (χ4v) is 5.72. The number of ether oxygens (including phenoxy) is 3. The van der Waals surface area contributed by atoms with Crippen LogP contribution in [0.3, 0.4) is 0 Å². The number of carbonyl (C=O) groups excluding carboxylic acids is 2. The van der Waals surface area contributed by atoms with E-state index in [1.807, 2.05) is 72.6 Å². The largest absolute Gasteiger partial charge is 0.496 e. The molecule has 2 aliphatic heterocycles. The summed E-state index contributed by atoms with van der Waals surface area (Å²) in [5.74, 6) is 0.842. The van der Waals surface area contributed by atoms with Crippen LogP contribution in [0.25, 0.3) is 5.69 Å². The number of hydrogen-bond donors (Lipinski definition) is 0. The van der Waals surface area contributed by atoms with E-state index in [1.54, 1.807) is 7.11 Å². The number of likely N-dealkylation sites (tertiary alicyclic amines) is 1. The first-order valence-electron chi connectivity index (χ1n) is 13.2. The Morgan fingerprint density at radius 1 is 1.03 bits per heavy atom. The van der Waals surface area contributed by atoms with Crippen LogP contribution in [0.4, 0.5) is 0 Å². The van der Waals surface area contributed by atoms with Gasteiger partial charge in [0.1, 0.15) is 18.0 Å². The van der Waals surface area contributed by atoms with Gasteiger partial charge in [-0.1, -0.05) is 29.8 Å². The van der Waals surface area contributed by atoms with Gasteiger partial charge in [0, 0.05) is 41.9 Å². The highest BCUT2D eigenvalue weighted by atomic mass is 35.5. The fraction of sp³-hybridized carbons (Fsp3) is 0.400. The molecule has 3 heterocycles. The number of aromatic nitrogens is 1. The number of nitrogens with zero attached hydrogens (tertiary/aromatic N) is 2. The summed E-state index contributed by atoms with van der Waals surface area (Å²) < 4.78 is 19.7. The fourth-order valence-electron chi connectivity index (χ4n) is 5.54. The Kier molecular flexibility index (Phi) is 8.05. The number of amides is 1. The predicted octanol–water partition coefficient (Wildman–Crippen LogP) is 5.88. The molecule has 8 heteroatoms. The predicted molar refractivity (Wildman–Crippen MR) is 145 cm³/mol. The highest BCUT2D eigenvalue weighted by Crippen LogP contribution is 2.44. The van der Waals surface area contributed by atoms with Gasteiger partial charge in [0.15, 0.2) is 0 Å². The molecule has 0 unspecified atom stereocenters. The Labute approximate surface area is 228 Å². The maximum absolute atomic E-state index is 13.5. The second-order valence-corrected chi connectivity index (χ2v) is 10.2. The van der Waals surface area contributed by atoms with Crippen molar-refractivity contribution in [3.05, 3.63) is 82.6 Å². The first kappa shape index (κ1) is 26.3. The van der Waals surface area contributed by atoms with Gasteiger partial charge in [-0.15, -0.1) is 0 Å². The molecule has 2 aliphatic rings. The smallest absolute Gasteiger partial charge is 0.306 e. The van der Waals surface area contributed by atoms with Crippen molar-refractivity contribution >= 4 is 23.5 Å². The number of piperidine rings is 1. The molecule has 2 aromatic carbocycles. The molecular formula is C30H33ClN2O5. The second kappa shape index (κ2) is 11.6. The molecule has 0 bridgehead atoms. The van der Waals surface area contributed by atoms with Gasteiger partial charge < -0.3 is 23.7 Å². The molecule has 200 valence electrons. The van der Waals surface area contributed by atoms with E-state index in [0.717, 1.165) is 35.3 Å². The van der Waals surface area contributed by atoms with Crippen molar-refractivity contribution in [1.29, 1.82) is 0 Å². The molecule has 38 heavy (non-hydrogen) atoms.